The van der Waals surface area contributed by atoms with Gasteiger partial charge in [0.25, 0.3) is 5.91 Å². The topological polar surface area (TPSA) is 103 Å². The smallest absolute Gasteiger partial charge is 0.315 e. The number of nitrogens with zero attached hydrogens (tertiary/aromatic N) is 2. The van der Waals surface area contributed by atoms with Crippen molar-refractivity contribution in [2.24, 2.45) is 5.10 Å². The molecule has 0 aliphatic carbocycles. The Balaban J connectivity index is 1.82. The monoisotopic (exact) mass is 433 g/mol. The van der Waals surface area contributed by atoms with Crippen molar-refractivity contribution in [1.29, 1.82) is 0 Å². The molecule has 0 aliphatic rings. The van der Waals surface area contributed by atoms with Crippen molar-refractivity contribution in [3.63, 3.8) is 0 Å². The molecule has 0 saturated heterocycles. The van der Waals surface area contributed by atoms with Crippen molar-refractivity contribution in [2.45, 2.75) is 20.5 Å². The van der Waals surface area contributed by atoms with Gasteiger partial charge >= 0.3 is 5.69 Å². The van der Waals surface area contributed by atoms with Crippen molar-refractivity contribution in [3.8, 4) is 11.5 Å². The standard InChI is InChI=1S/C24H23N3O5/c1-16-9-10-17(2)20(11-16)15-32-23-21(27(29)30)12-18(13-22(23)31-3)14-25-26-24(28)19-7-5-4-6-8-19/h4-14H,15H2,1-3H3,(H,26,28)/b25-14+. The summed E-state index contributed by atoms with van der Waals surface area (Å²) in [5, 5.41) is 15.6. The van der Waals surface area contributed by atoms with Crippen LogP contribution in [0.3, 0.4) is 0 Å². The van der Waals surface area contributed by atoms with Gasteiger partial charge in [0.2, 0.25) is 5.75 Å². The van der Waals surface area contributed by atoms with Crippen molar-refractivity contribution < 1.29 is 19.2 Å². The Bertz CT molecular complexity index is 1160. The summed E-state index contributed by atoms with van der Waals surface area (Å²) in [7, 11) is 1.40. The molecule has 0 saturated carbocycles. The van der Waals surface area contributed by atoms with Crippen LogP contribution in [-0.4, -0.2) is 24.2 Å². The Morgan fingerprint density at radius 3 is 2.56 bits per heavy atom. The fraction of sp³-hybridized carbons (Fsp3) is 0.167. The second-order valence-corrected chi connectivity index (χ2v) is 7.11. The van der Waals surface area contributed by atoms with E-state index in [0.29, 0.717) is 11.1 Å². The lowest BCUT2D eigenvalue weighted by molar-refractivity contribution is -0.386. The minimum absolute atomic E-state index is 0.0314. The number of methoxy groups -OCH3 is 1. The lowest BCUT2D eigenvalue weighted by Gasteiger charge is -2.13. The average molecular weight is 433 g/mol. The van der Waals surface area contributed by atoms with E-state index in [1.165, 1.54) is 19.4 Å². The summed E-state index contributed by atoms with van der Waals surface area (Å²) < 4.78 is 11.2. The molecule has 0 unspecified atom stereocenters. The zero-order chi connectivity index (χ0) is 23.1. The second-order valence-electron chi connectivity index (χ2n) is 7.11. The normalized spacial score (nSPS) is 10.7. The lowest BCUT2D eigenvalue weighted by Crippen LogP contribution is -2.17. The van der Waals surface area contributed by atoms with Gasteiger partial charge in [-0.05, 0) is 43.2 Å². The van der Waals surface area contributed by atoms with Crippen LogP contribution in [0, 0.1) is 24.0 Å². The van der Waals surface area contributed by atoms with Gasteiger partial charge in [0.1, 0.15) is 6.61 Å². The largest absolute Gasteiger partial charge is 0.493 e. The number of aryl methyl sites for hydroxylation is 2. The number of hydrogen-bond donors (Lipinski definition) is 1. The molecule has 1 amide bonds. The number of nitro benzene ring substituents is 1. The molecule has 0 bridgehead atoms. The Morgan fingerprint density at radius 2 is 1.88 bits per heavy atom. The quantitative estimate of drug-likeness (QED) is 0.319. The number of carbonyl (C=O) groups is 1. The Kier molecular flexibility index (Phi) is 7.17. The van der Waals surface area contributed by atoms with Crippen molar-refractivity contribution in [2.75, 3.05) is 7.11 Å². The maximum Gasteiger partial charge on any atom is 0.315 e. The number of hydrazone groups is 1. The minimum Gasteiger partial charge on any atom is -0.493 e. The van der Waals surface area contributed by atoms with E-state index >= 15 is 0 Å². The first kappa shape index (κ1) is 22.5. The number of carbonyl (C=O) groups excluding carboxylic acids is 1. The number of nitro groups is 1. The highest BCUT2D eigenvalue weighted by atomic mass is 16.6. The first-order valence-corrected chi connectivity index (χ1v) is 9.83. The molecule has 164 valence electrons. The fourth-order valence-corrected chi connectivity index (χ4v) is 3.04. The summed E-state index contributed by atoms with van der Waals surface area (Å²) >= 11 is 0. The molecule has 0 fully saturated rings. The van der Waals surface area contributed by atoms with Crippen molar-refractivity contribution >= 4 is 17.8 Å². The molecule has 8 heteroatoms. The van der Waals surface area contributed by atoms with E-state index in [-0.39, 0.29) is 23.8 Å². The summed E-state index contributed by atoms with van der Waals surface area (Å²) in [5.41, 5.74) is 5.98. The number of amides is 1. The summed E-state index contributed by atoms with van der Waals surface area (Å²) in [6, 6.07) is 17.4. The molecule has 3 aromatic rings. The first-order chi connectivity index (χ1) is 15.4. The van der Waals surface area contributed by atoms with Gasteiger partial charge in [0.15, 0.2) is 5.75 Å². The lowest BCUT2D eigenvalue weighted by atomic mass is 10.1. The number of nitrogens with one attached hydrogen (secondary N) is 1. The highest BCUT2D eigenvalue weighted by molar-refractivity contribution is 5.95. The highest BCUT2D eigenvalue weighted by Crippen LogP contribution is 2.38. The van der Waals surface area contributed by atoms with Gasteiger partial charge in [-0.1, -0.05) is 42.0 Å². The van der Waals surface area contributed by atoms with Gasteiger partial charge in [-0.25, -0.2) is 5.43 Å². The molecule has 0 atom stereocenters. The molecule has 3 rings (SSSR count). The van der Waals surface area contributed by atoms with Crippen molar-refractivity contribution in [3.05, 3.63) is 98.6 Å². The zero-order valence-electron chi connectivity index (χ0n) is 18.0. The summed E-state index contributed by atoms with van der Waals surface area (Å²) in [6.45, 7) is 4.08. The van der Waals surface area contributed by atoms with Gasteiger partial charge < -0.3 is 9.47 Å². The van der Waals surface area contributed by atoms with E-state index in [9.17, 15) is 14.9 Å². The van der Waals surface area contributed by atoms with Crippen LogP contribution >= 0.6 is 0 Å². The van der Waals surface area contributed by atoms with Gasteiger partial charge in [0.05, 0.1) is 18.2 Å². The van der Waals surface area contributed by atoms with Gasteiger partial charge in [0, 0.05) is 17.2 Å². The number of ether oxygens (including phenoxy) is 2. The molecule has 0 aliphatic heterocycles. The van der Waals surface area contributed by atoms with Crippen LogP contribution in [0.5, 0.6) is 11.5 Å². The van der Waals surface area contributed by atoms with Gasteiger partial charge in [-0.15, -0.1) is 0 Å². The van der Waals surface area contributed by atoms with E-state index < -0.39 is 10.8 Å². The first-order valence-electron chi connectivity index (χ1n) is 9.83. The van der Waals surface area contributed by atoms with Crippen LogP contribution in [-0.2, 0) is 6.61 Å². The molecule has 0 radical (unpaired) electrons. The van der Waals surface area contributed by atoms with Gasteiger partial charge in [-0.3, -0.25) is 14.9 Å². The number of hydrogen-bond acceptors (Lipinski definition) is 6. The van der Waals surface area contributed by atoms with E-state index in [2.05, 4.69) is 10.5 Å². The molecule has 0 spiro atoms. The zero-order valence-corrected chi connectivity index (χ0v) is 18.0. The molecular formula is C24H23N3O5. The van der Waals surface area contributed by atoms with E-state index in [1.807, 2.05) is 32.0 Å². The maximum absolute atomic E-state index is 12.1. The molecule has 3 aromatic carbocycles. The number of rotatable bonds is 8. The third-order valence-corrected chi connectivity index (χ3v) is 4.77. The number of benzene rings is 3. The highest BCUT2D eigenvalue weighted by Gasteiger charge is 2.22. The van der Waals surface area contributed by atoms with Crippen LogP contribution in [0.4, 0.5) is 5.69 Å². The summed E-state index contributed by atoms with van der Waals surface area (Å²) in [6.07, 6.45) is 1.31. The van der Waals surface area contributed by atoms with E-state index in [1.54, 1.807) is 36.4 Å². The van der Waals surface area contributed by atoms with Crippen LogP contribution in [0.1, 0.15) is 32.6 Å². The Labute approximate surface area is 185 Å². The second kappa shape index (κ2) is 10.2. The third-order valence-electron chi connectivity index (χ3n) is 4.77. The van der Waals surface area contributed by atoms with Crippen molar-refractivity contribution in [1.82, 2.24) is 5.43 Å². The Morgan fingerprint density at radius 1 is 1.12 bits per heavy atom. The van der Waals surface area contributed by atoms with Crippen LogP contribution in [0.15, 0.2) is 65.8 Å². The molecule has 32 heavy (non-hydrogen) atoms. The fourth-order valence-electron chi connectivity index (χ4n) is 3.04. The molecule has 0 aromatic heterocycles. The summed E-state index contributed by atoms with van der Waals surface area (Å²) in [5.74, 6) is -0.166. The van der Waals surface area contributed by atoms with E-state index in [0.717, 1.165) is 16.7 Å². The van der Waals surface area contributed by atoms with Crippen LogP contribution in [0.25, 0.3) is 0 Å². The minimum atomic E-state index is -0.541. The molecule has 0 heterocycles. The Hall–Kier alpha value is -4.20. The summed E-state index contributed by atoms with van der Waals surface area (Å²) in [4.78, 5) is 23.2. The van der Waals surface area contributed by atoms with E-state index in [4.69, 9.17) is 9.47 Å². The maximum atomic E-state index is 12.1. The predicted molar refractivity (Wildman–Crippen MR) is 121 cm³/mol. The SMILES string of the molecule is COc1cc(/C=N/NC(=O)c2ccccc2)cc([N+](=O)[O-])c1OCc1cc(C)ccc1C. The predicted octanol–water partition coefficient (Wildman–Crippen LogP) is 4.56. The molecule has 1 N–H and O–H groups in total. The average Bonchev–Trinajstić information content (AvgIpc) is 2.80. The molecular weight excluding hydrogens is 410 g/mol. The van der Waals surface area contributed by atoms with Crippen LogP contribution < -0.4 is 14.9 Å². The third kappa shape index (κ3) is 5.48. The van der Waals surface area contributed by atoms with Crippen LogP contribution in [0.2, 0.25) is 0 Å². The van der Waals surface area contributed by atoms with Gasteiger partial charge in [-0.2, -0.15) is 5.10 Å². The molecule has 8 nitrogen and oxygen atoms in total.